The van der Waals surface area contributed by atoms with Gasteiger partial charge in [-0.15, -0.1) is 0 Å². The molecule has 0 aliphatic heterocycles. The van der Waals surface area contributed by atoms with Gasteiger partial charge in [0.2, 0.25) is 5.82 Å². The first-order valence-corrected chi connectivity index (χ1v) is 6.59. The minimum absolute atomic E-state index is 0.0116. The van der Waals surface area contributed by atoms with Gasteiger partial charge in [-0.05, 0) is 26.0 Å². The van der Waals surface area contributed by atoms with Gasteiger partial charge in [0.05, 0.1) is 19.0 Å². The van der Waals surface area contributed by atoms with Crippen LogP contribution >= 0.6 is 0 Å². The summed E-state index contributed by atoms with van der Waals surface area (Å²) in [5.74, 6) is 0.337. The highest BCUT2D eigenvalue weighted by Crippen LogP contribution is 2.21. The SMILES string of the molecule is COc1cccc(OCc2cnc(C(=O)O)n2C(C)C)c1. The molecule has 0 fully saturated rings. The van der Waals surface area contributed by atoms with Crippen molar-refractivity contribution in [1.29, 1.82) is 0 Å². The minimum Gasteiger partial charge on any atom is -0.497 e. The standard InChI is InChI=1S/C15H18N2O4/c1-10(2)17-11(8-16-14(17)15(18)19)9-21-13-6-4-5-12(7-13)20-3/h4-8,10H,9H2,1-3H3,(H,18,19). The van der Waals surface area contributed by atoms with Gasteiger partial charge in [0.1, 0.15) is 18.1 Å². The number of aromatic nitrogens is 2. The van der Waals surface area contributed by atoms with Gasteiger partial charge in [-0.25, -0.2) is 9.78 Å². The molecule has 2 aromatic rings. The van der Waals surface area contributed by atoms with Crippen LogP contribution in [-0.2, 0) is 6.61 Å². The Bertz CT molecular complexity index is 634. The van der Waals surface area contributed by atoms with E-state index < -0.39 is 5.97 Å². The number of carboxylic acids is 1. The number of nitrogens with zero attached hydrogens (tertiary/aromatic N) is 2. The largest absolute Gasteiger partial charge is 0.497 e. The Morgan fingerprint density at radius 1 is 1.38 bits per heavy atom. The third kappa shape index (κ3) is 3.34. The van der Waals surface area contributed by atoms with E-state index >= 15 is 0 Å². The summed E-state index contributed by atoms with van der Waals surface area (Å²) < 4.78 is 12.5. The van der Waals surface area contributed by atoms with Gasteiger partial charge < -0.3 is 19.1 Å². The summed E-state index contributed by atoms with van der Waals surface area (Å²) in [6, 6.07) is 7.23. The first-order chi connectivity index (χ1) is 10.0. The Morgan fingerprint density at radius 3 is 2.71 bits per heavy atom. The fraction of sp³-hybridized carbons (Fsp3) is 0.333. The van der Waals surface area contributed by atoms with E-state index in [0.717, 1.165) is 0 Å². The number of benzene rings is 1. The van der Waals surface area contributed by atoms with E-state index in [1.165, 1.54) is 6.20 Å². The van der Waals surface area contributed by atoms with E-state index in [-0.39, 0.29) is 18.5 Å². The van der Waals surface area contributed by atoms with Gasteiger partial charge in [0.25, 0.3) is 0 Å². The molecule has 1 N–H and O–H groups in total. The van der Waals surface area contributed by atoms with E-state index in [2.05, 4.69) is 4.98 Å². The molecule has 112 valence electrons. The van der Waals surface area contributed by atoms with Crippen LogP contribution in [0.25, 0.3) is 0 Å². The van der Waals surface area contributed by atoms with Crippen molar-refractivity contribution in [2.75, 3.05) is 7.11 Å². The smallest absolute Gasteiger partial charge is 0.372 e. The van der Waals surface area contributed by atoms with Crippen molar-refractivity contribution >= 4 is 5.97 Å². The lowest BCUT2D eigenvalue weighted by Gasteiger charge is -2.14. The highest BCUT2D eigenvalue weighted by atomic mass is 16.5. The number of hydrogen-bond acceptors (Lipinski definition) is 4. The molecule has 0 aliphatic rings. The summed E-state index contributed by atoms with van der Waals surface area (Å²) in [6.07, 6.45) is 1.53. The molecule has 6 heteroatoms. The lowest BCUT2D eigenvalue weighted by atomic mass is 10.3. The Labute approximate surface area is 122 Å². The van der Waals surface area contributed by atoms with Crippen molar-refractivity contribution in [3.05, 3.63) is 42.0 Å². The zero-order chi connectivity index (χ0) is 15.4. The minimum atomic E-state index is -1.05. The molecule has 0 amide bonds. The highest BCUT2D eigenvalue weighted by Gasteiger charge is 2.18. The third-order valence-corrected chi connectivity index (χ3v) is 3.01. The van der Waals surface area contributed by atoms with Crippen LogP contribution in [0.4, 0.5) is 0 Å². The van der Waals surface area contributed by atoms with E-state index in [9.17, 15) is 4.79 Å². The zero-order valence-electron chi connectivity index (χ0n) is 12.2. The Hall–Kier alpha value is -2.50. The molecular formula is C15H18N2O4. The Kier molecular flexibility index (Phi) is 4.47. The quantitative estimate of drug-likeness (QED) is 0.885. The number of imidazole rings is 1. The zero-order valence-corrected chi connectivity index (χ0v) is 12.2. The van der Waals surface area contributed by atoms with Crippen molar-refractivity contribution in [2.45, 2.75) is 26.5 Å². The number of carboxylic acid groups (broad SMARTS) is 1. The first-order valence-electron chi connectivity index (χ1n) is 6.59. The summed E-state index contributed by atoms with van der Waals surface area (Å²) in [6.45, 7) is 4.05. The number of hydrogen-bond donors (Lipinski definition) is 1. The van der Waals surface area contributed by atoms with E-state index in [1.54, 1.807) is 17.7 Å². The van der Waals surface area contributed by atoms with Gasteiger partial charge >= 0.3 is 5.97 Å². The molecule has 0 saturated heterocycles. The Morgan fingerprint density at radius 2 is 2.10 bits per heavy atom. The van der Waals surface area contributed by atoms with Gasteiger partial charge in [-0.2, -0.15) is 0 Å². The second kappa shape index (κ2) is 6.30. The van der Waals surface area contributed by atoms with Crippen LogP contribution in [0.5, 0.6) is 11.5 Å². The molecule has 0 spiro atoms. The molecule has 0 aliphatic carbocycles. The summed E-state index contributed by atoms with van der Waals surface area (Å²) in [7, 11) is 1.59. The highest BCUT2D eigenvalue weighted by molar-refractivity contribution is 5.83. The van der Waals surface area contributed by atoms with Gasteiger partial charge in [0, 0.05) is 12.1 Å². The van der Waals surface area contributed by atoms with Crippen molar-refractivity contribution in [1.82, 2.24) is 9.55 Å². The number of carbonyl (C=O) groups is 1. The molecule has 0 radical (unpaired) electrons. The maximum Gasteiger partial charge on any atom is 0.372 e. The predicted octanol–water partition coefficient (Wildman–Crippen LogP) is 2.75. The molecule has 0 saturated carbocycles. The number of aromatic carboxylic acids is 1. The monoisotopic (exact) mass is 290 g/mol. The number of ether oxygens (including phenoxy) is 2. The number of rotatable bonds is 6. The molecule has 0 unspecified atom stereocenters. The average Bonchev–Trinajstić information content (AvgIpc) is 2.89. The van der Waals surface area contributed by atoms with Crippen LogP contribution in [0, 0.1) is 0 Å². The summed E-state index contributed by atoms with van der Waals surface area (Å²) in [5, 5.41) is 9.14. The fourth-order valence-corrected chi connectivity index (χ4v) is 2.09. The van der Waals surface area contributed by atoms with Crippen molar-refractivity contribution in [2.24, 2.45) is 0 Å². The molecule has 1 heterocycles. The van der Waals surface area contributed by atoms with Crippen LogP contribution in [0.3, 0.4) is 0 Å². The molecule has 2 rings (SSSR count). The number of methoxy groups -OCH3 is 1. The van der Waals surface area contributed by atoms with Gasteiger partial charge in [-0.3, -0.25) is 0 Å². The average molecular weight is 290 g/mol. The van der Waals surface area contributed by atoms with Crippen molar-refractivity contribution < 1.29 is 19.4 Å². The maximum absolute atomic E-state index is 11.2. The summed E-state index contributed by atoms with van der Waals surface area (Å²) in [5.41, 5.74) is 0.713. The predicted molar refractivity (Wildman–Crippen MR) is 76.9 cm³/mol. The second-order valence-electron chi connectivity index (χ2n) is 4.81. The van der Waals surface area contributed by atoms with Crippen LogP contribution in [-0.4, -0.2) is 27.7 Å². The molecule has 6 nitrogen and oxygen atoms in total. The molecule has 1 aromatic carbocycles. The van der Waals surface area contributed by atoms with Gasteiger partial charge in [-0.1, -0.05) is 6.07 Å². The molecule has 0 bridgehead atoms. The summed E-state index contributed by atoms with van der Waals surface area (Å²) in [4.78, 5) is 15.1. The third-order valence-electron chi connectivity index (χ3n) is 3.01. The summed E-state index contributed by atoms with van der Waals surface area (Å²) >= 11 is 0. The topological polar surface area (TPSA) is 73.6 Å². The van der Waals surface area contributed by atoms with Crippen LogP contribution in [0.2, 0.25) is 0 Å². The molecular weight excluding hydrogens is 272 g/mol. The van der Waals surface area contributed by atoms with Crippen molar-refractivity contribution in [3.63, 3.8) is 0 Å². The van der Waals surface area contributed by atoms with Crippen LogP contribution in [0.15, 0.2) is 30.5 Å². The van der Waals surface area contributed by atoms with Gasteiger partial charge in [0.15, 0.2) is 0 Å². The lowest BCUT2D eigenvalue weighted by molar-refractivity contribution is 0.0675. The molecule has 0 atom stereocenters. The fourth-order valence-electron chi connectivity index (χ4n) is 2.09. The second-order valence-corrected chi connectivity index (χ2v) is 4.81. The van der Waals surface area contributed by atoms with E-state index in [4.69, 9.17) is 14.6 Å². The first kappa shape index (κ1) is 14.9. The van der Waals surface area contributed by atoms with Crippen LogP contribution in [0.1, 0.15) is 36.2 Å². The maximum atomic E-state index is 11.2. The molecule has 21 heavy (non-hydrogen) atoms. The lowest BCUT2D eigenvalue weighted by Crippen LogP contribution is -2.15. The Balaban J connectivity index is 2.18. The normalized spacial score (nSPS) is 10.7. The molecule has 1 aromatic heterocycles. The van der Waals surface area contributed by atoms with Crippen molar-refractivity contribution in [3.8, 4) is 11.5 Å². The van der Waals surface area contributed by atoms with E-state index in [1.807, 2.05) is 32.0 Å². The van der Waals surface area contributed by atoms with E-state index in [0.29, 0.717) is 17.2 Å². The van der Waals surface area contributed by atoms with Crippen LogP contribution < -0.4 is 9.47 Å².